The zero-order valence-corrected chi connectivity index (χ0v) is 11.3. The van der Waals surface area contributed by atoms with Crippen LogP contribution >= 0.6 is 11.8 Å². The van der Waals surface area contributed by atoms with Gasteiger partial charge in [0.1, 0.15) is 0 Å². The van der Waals surface area contributed by atoms with Crippen molar-refractivity contribution in [3.63, 3.8) is 0 Å². The zero-order chi connectivity index (χ0) is 11.1. The molecule has 0 amide bonds. The van der Waals surface area contributed by atoms with Gasteiger partial charge < -0.3 is 10.2 Å². The summed E-state index contributed by atoms with van der Waals surface area (Å²) in [6.07, 6.45) is 1.24. The Bertz CT molecular complexity index is 164. The number of hydrogen-bond acceptors (Lipinski definition) is 3. The lowest BCUT2D eigenvalue weighted by Crippen LogP contribution is -2.41. The highest BCUT2D eigenvalue weighted by Gasteiger charge is 2.17. The van der Waals surface area contributed by atoms with Crippen molar-refractivity contribution in [1.82, 2.24) is 10.2 Å². The Labute approximate surface area is 99.2 Å². The highest BCUT2D eigenvalue weighted by atomic mass is 32.2. The summed E-state index contributed by atoms with van der Waals surface area (Å²) >= 11 is 2.11. The number of thioether (sulfide) groups is 1. The van der Waals surface area contributed by atoms with Crippen molar-refractivity contribution in [3.8, 4) is 0 Å². The van der Waals surface area contributed by atoms with Crippen LogP contribution in [0.2, 0.25) is 0 Å². The van der Waals surface area contributed by atoms with Crippen molar-refractivity contribution in [2.45, 2.75) is 32.4 Å². The number of rotatable bonds is 6. The smallest absolute Gasteiger partial charge is 0.0147 e. The molecule has 1 aliphatic heterocycles. The molecular formula is C12H26N2S. The van der Waals surface area contributed by atoms with E-state index < -0.39 is 0 Å². The first-order chi connectivity index (χ1) is 7.22. The quantitative estimate of drug-likeness (QED) is 0.703. The molecule has 1 fully saturated rings. The molecule has 0 radical (unpaired) electrons. The molecule has 0 aliphatic carbocycles. The van der Waals surface area contributed by atoms with Crippen molar-refractivity contribution < 1.29 is 0 Å². The van der Waals surface area contributed by atoms with Crippen LogP contribution in [0.4, 0.5) is 0 Å². The third kappa shape index (κ3) is 5.79. The van der Waals surface area contributed by atoms with Gasteiger partial charge in [-0.3, -0.25) is 0 Å². The molecule has 0 aromatic heterocycles. The molecule has 2 nitrogen and oxygen atoms in total. The van der Waals surface area contributed by atoms with Crippen LogP contribution in [0.3, 0.4) is 0 Å². The van der Waals surface area contributed by atoms with E-state index in [1.54, 1.807) is 0 Å². The van der Waals surface area contributed by atoms with Gasteiger partial charge in [-0.2, -0.15) is 11.8 Å². The average molecular weight is 230 g/mol. The van der Waals surface area contributed by atoms with Crippen molar-refractivity contribution in [2.24, 2.45) is 5.92 Å². The minimum absolute atomic E-state index is 0.784. The Morgan fingerprint density at radius 1 is 1.53 bits per heavy atom. The van der Waals surface area contributed by atoms with E-state index >= 15 is 0 Å². The van der Waals surface area contributed by atoms with E-state index in [9.17, 15) is 0 Å². The molecule has 0 aromatic carbocycles. The van der Waals surface area contributed by atoms with Crippen LogP contribution < -0.4 is 5.32 Å². The first kappa shape index (κ1) is 13.3. The highest BCUT2D eigenvalue weighted by molar-refractivity contribution is 7.99. The molecular weight excluding hydrogens is 204 g/mol. The van der Waals surface area contributed by atoms with Gasteiger partial charge in [0.2, 0.25) is 0 Å². The highest BCUT2D eigenvalue weighted by Crippen LogP contribution is 2.18. The van der Waals surface area contributed by atoms with E-state index in [4.69, 9.17) is 0 Å². The van der Waals surface area contributed by atoms with E-state index in [-0.39, 0.29) is 0 Å². The first-order valence-corrected chi connectivity index (χ1v) is 7.32. The fraction of sp³-hybridized carbons (Fsp3) is 1.00. The molecule has 15 heavy (non-hydrogen) atoms. The van der Waals surface area contributed by atoms with Crippen molar-refractivity contribution >= 4 is 11.8 Å². The molecule has 1 rings (SSSR count). The zero-order valence-electron chi connectivity index (χ0n) is 10.5. The largest absolute Gasteiger partial charge is 0.316 e. The third-order valence-electron chi connectivity index (χ3n) is 2.81. The standard InChI is InChI=1S/C12H26N2S/c1-4-5-13-8-11(2)9-14-6-7-15-12(3)10-14/h11-13H,4-10H2,1-3H3. The summed E-state index contributed by atoms with van der Waals surface area (Å²) in [6.45, 7) is 13.1. The van der Waals surface area contributed by atoms with Crippen LogP contribution in [-0.4, -0.2) is 48.6 Å². The van der Waals surface area contributed by atoms with Crippen LogP contribution in [0.1, 0.15) is 27.2 Å². The van der Waals surface area contributed by atoms with E-state index in [0.29, 0.717) is 0 Å². The molecule has 0 aromatic rings. The van der Waals surface area contributed by atoms with Gasteiger partial charge in [0.15, 0.2) is 0 Å². The van der Waals surface area contributed by atoms with Crippen molar-refractivity contribution in [1.29, 1.82) is 0 Å². The summed E-state index contributed by atoms with van der Waals surface area (Å²) in [5.41, 5.74) is 0. The maximum Gasteiger partial charge on any atom is 0.0147 e. The molecule has 1 N–H and O–H groups in total. The second-order valence-electron chi connectivity index (χ2n) is 4.75. The molecule has 3 heteroatoms. The SMILES string of the molecule is CCCNCC(C)CN1CCSC(C)C1. The maximum absolute atomic E-state index is 3.50. The van der Waals surface area contributed by atoms with Gasteiger partial charge >= 0.3 is 0 Å². The normalized spacial score (nSPS) is 25.4. The van der Waals surface area contributed by atoms with Gasteiger partial charge in [-0.1, -0.05) is 20.8 Å². The average Bonchev–Trinajstić information content (AvgIpc) is 2.18. The molecule has 2 atom stereocenters. The van der Waals surface area contributed by atoms with E-state index in [1.165, 1.54) is 38.4 Å². The molecule has 2 unspecified atom stereocenters. The van der Waals surface area contributed by atoms with Crippen LogP contribution in [-0.2, 0) is 0 Å². The van der Waals surface area contributed by atoms with Crippen LogP contribution in [0.15, 0.2) is 0 Å². The first-order valence-electron chi connectivity index (χ1n) is 6.27. The lowest BCUT2D eigenvalue weighted by Gasteiger charge is -2.32. The molecule has 0 spiro atoms. The number of nitrogens with zero attached hydrogens (tertiary/aromatic N) is 1. The van der Waals surface area contributed by atoms with E-state index in [1.807, 2.05) is 0 Å². The Morgan fingerprint density at radius 2 is 2.33 bits per heavy atom. The fourth-order valence-electron chi connectivity index (χ4n) is 2.09. The lowest BCUT2D eigenvalue weighted by atomic mass is 10.1. The van der Waals surface area contributed by atoms with E-state index in [2.05, 4.69) is 42.7 Å². The molecule has 0 saturated carbocycles. The third-order valence-corrected chi connectivity index (χ3v) is 3.95. The molecule has 90 valence electrons. The van der Waals surface area contributed by atoms with Crippen molar-refractivity contribution in [3.05, 3.63) is 0 Å². The van der Waals surface area contributed by atoms with Crippen molar-refractivity contribution in [2.75, 3.05) is 38.5 Å². The predicted octanol–water partition coefficient (Wildman–Crippen LogP) is 2.06. The van der Waals surface area contributed by atoms with Crippen LogP contribution in [0.25, 0.3) is 0 Å². The number of hydrogen-bond donors (Lipinski definition) is 1. The summed E-state index contributed by atoms with van der Waals surface area (Å²) in [4.78, 5) is 2.62. The van der Waals surface area contributed by atoms with Gasteiger partial charge in [0.25, 0.3) is 0 Å². The predicted molar refractivity (Wildman–Crippen MR) is 70.7 cm³/mol. The fourth-order valence-corrected chi connectivity index (χ4v) is 3.17. The van der Waals surface area contributed by atoms with E-state index in [0.717, 1.165) is 17.7 Å². The molecule has 0 bridgehead atoms. The van der Waals surface area contributed by atoms with Gasteiger partial charge in [0, 0.05) is 30.6 Å². The Balaban J connectivity index is 2.10. The maximum atomic E-state index is 3.50. The van der Waals surface area contributed by atoms with Gasteiger partial charge in [-0.15, -0.1) is 0 Å². The minimum atomic E-state index is 0.784. The Kier molecular flexibility index (Phi) is 6.69. The van der Waals surface area contributed by atoms with Crippen LogP contribution in [0, 0.1) is 5.92 Å². The Morgan fingerprint density at radius 3 is 3.00 bits per heavy atom. The summed E-state index contributed by atoms with van der Waals surface area (Å²) in [7, 11) is 0. The summed E-state index contributed by atoms with van der Waals surface area (Å²) in [6, 6.07) is 0. The van der Waals surface area contributed by atoms with Crippen LogP contribution in [0.5, 0.6) is 0 Å². The molecule has 1 heterocycles. The second kappa shape index (κ2) is 7.53. The van der Waals surface area contributed by atoms with Gasteiger partial charge in [-0.25, -0.2) is 0 Å². The molecule has 1 saturated heterocycles. The summed E-state index contributed by atoms with van der Waals surface area (Å²) in [5, 5.41) is 4.33. The molecule has 1 aliphatic rings. The Hall–Kier alpha value is 0.270. The number of nitrogens with one attached hydrogen (secondary N) is 1. The second-order valence-corrected chi connectivity index (χ2v) is 6.30. The minimum Gasteiger partial charge on any atom is -0.316 e. The lowest BCUT2D eigenvalue weighted by molar-refractivity contribution is 0.244. The monoisotopic (exact) mass is 230 g/mol. The van der Waals surface area contributed by atoms with Gasteiger partial charge in [-0.05, 0) is 25.4 Å². The topological polar surface area (TPSA) is 15.3 Å². The summed E-state index contributed by atoms with van der Waals surface area (Å²) < 4.78 is 0. The van der Waals surface area contributed by atoms with Gasteiger partial charge in [0.05, 0.1) is 0 Å². The summed E-state index contributed by atoms with van der Waals surface area (Å²) in [5.74, 6) is 2.10.